The number of nitrogens with one attached hydrogen (secondary N) is 2. The number of carbonyl (C=O) groups excluding carboxylic acids is 2. The monoisotopic (exact) mass is 248 g/mol. The standard InChI is InChI=1S/C13H16N2O3/c1-2-18-8-13(17)14-10-4-5-11-9(7-10)3-6-12(16)15-11/h4-5,7H,2-3,6,8H2,1H3,(H,14,17)(H,15,16). The first-order valence-corrected chi connectivity index (χ1v) is 5.99. The first-order chi connectivity index (χ1) is 8.69. The van der Waals surface area contributed by atoms with Gasteiger partial charge in [0.05, 0.1) is 0 Å². The van der Waals surface area contributed by atoms with Crippen LogP contribution < -0.4 is 10.6 Å². The van der Waals surface area contributed by atoms with Crippen LogP contribution in [0.2, 0.25) is 0 Å². The Balaban J connectivity index is 2.03. The molecule has 0 aromatic heterocycles. The van der Waals surface area contributed by atoms with E-state index in [0.29, 0.717) is 19.4 Å². The Morgan fingerprint density at radius 1 is 1.44 bits per heavy atom. The Labute approximate surface area is 106 Å². The van der Waals surface area contributed by atoms with Crippen molar-refractivity contribution in [1.82, 2.24) is 0 Å². The van der Waals surface area contributed by atoms with Gasteiger partial charge in [0.15, 0.2) is 0 Å². The average Bonchev–Trinajstić information content (AvgIpc) is 2.36. The Hall–Kier alpha value is -1.88. The van der Waals surface area contributed by atoms with Crippen LogP contribution in [0.5, 0.6) is 0 Å². The molecule has 1 aliphatic heterocycles. The molecule has 96 valence electrons. The highest BCUT2D eigenvalue weighted by Gasteiger charge is 2.15. The number of aryl methyl sites for hydroxylation is 1. The van der Waals surface area contributed by atoms with Crippen LogP contribution in [0.3, 0.4) is 0 Å². The third kappa shape index (κ3) is 3.07. The van der Waals surface area contributed by atoms with Crippen LogP contribution in [-0.2, 0) is 20.7 Å². The first-order valence-electron chi connectivity index (χ1n) is 5.99. The number of benzene rings is 1. The number of anilines is 2. The molecule has 1 aromatic rings. The zero-order valence-electron chi connectivity index (χ0n) is 10.3. The molecule has 0 radical (unpaired) electrons. The van der Waals surface area contributed by atoms with Crippen LogP contribution >= 0.6 is 0 Å². The number of fused-ring (bicyclic) bond motifs is 1. The van der Waals surface area contributed by atoms with E-state index in [1.807, 2.05) is 19.1 Å². The van der Waals surface area contributed by atoms with E-state index in [1.54, 1.807) is 6.07 Å². The summed E-state index contributed by atoms with van der Waals surface area (Å²) >= 11 is 0. The molecule has 2 rings (SSSR count). The Kier molecular flexibility index (Phi) is 3.94. The van der Waals surface area contributed by atoms with E-state index in [0.717, 1.165) is 16.9 Å². The third-order valence-electron chi connectivity index (χ3n) is 2.72. The van der Waals surface area contributed by atoms with Crippen molar-refractivity contribution in [2.45, 2.75) is 19.8 Å². The predicted octanol–water partition coefficient (Wildman–Crippen LogP) is 1.55. The molecule has 0 saturated heterocycles. The van der Waals surface area contributed by atoms with Gasteiger partial charge in [0.2, 0.25) is 11.8 Å². The molecule has 0 spiro atoms. The minimum atomic E-state index is -0.170. The van der Waals surface area contributed by atoms with Gasteiger partial charge in [0, 0.05) is 24.4 Å². The second-order valence-electron chi connectivity index (χ2n) is 4.11. The quantitative estimate of drug-likeness (QED) is 0.849. The summed E-state index contributed by atoms with van der Waals surface area (Å²) in [5.74, 6) is -0.132. The summed E-state index contributed by atoms with van der Waals surface area (Å²) in [6.07, 6.45) is 1.19. The van der Waals surface area contributed by atoms with Gasteiger partial charge in [-0.15, -0.1) is 0 Å². The highest BCUT2D eigenvalue weighted by molar-refractivity contribution is 5.95. The van der Waals surface area contributed by atoms with Crippen LogP contribution in [0.4, 0.5) is 11.4 Å². The largest absolute Gasteiger partial charge is 0.372 e. The number of amides is 2. The number of rotatable bonds is 4. The maximum Gasteiger partial charge on any atom is 0.250 e. The molecule has 5 heteroatoms. The van der Waals surface area contributed by atoms with Crippen molar-refractivity contribution in [3.63, 3.8) is 0 Å². The van der Waals surface area contributed by atoms with E-state index in [-0.39, 0.29) is 18.4 Å². The van der Waals surface area contributed by atoms with Gasteiger partial charge in [-0.3, -0.25) is 9.59 Å². The lowest BCUT2D eigenvalue weighted by molar-refractivity contribution is -0.120. The van der Waals surface area contributed by atoms with Crippen molar-refractivity contribution in [3.8, 4) is 0 Å². The summed E-state index contributed by atoms with van der Waals surface area (Å²) in [7, 11) is 0. The van der Waals surface area contributed by atoms with E-state index in [4.69, 9.17) is 4.74 Å². The lowest BCUT2D eigenvalue weighted by Gasteiger charge is -2.17. The molecular weight excluding hydrogens is 232 g/mol. The normalized spacial score (nSPS) is 13.7. The average molecular weight is 248 g/mol. The molecule has 2 N–H and O–H groups in total. The zero-order chi connectivity index (χ0) is 13.0. The minimum Gasteiger partial charge on any atom is -0.372 e. The number of ether oxygens (including phenoxy) is 1. The fraction of sp³-hybridized carbons (Fsp3) is 0.385. The summed E-state index contributed by atoms with van der Waals surface area (Å²) < 4.78 is 5.03. The second kappa shape index (κ2) is 5.64. The lowest BCUT2D eigenvalue weighted by atomic mass is 10.0. The number of hydrogen-bond acceptors (Lipinski definition) is 3. The fourth-order valence-electron chi connectivity index (χ4n) is 1.85. The van der Waals surface area contributed by atoms with Gasteiger partial charge in [0.1, 0.15) is 6.61 Å². The smallest absolute Gasteiger partial charge is 0.250 e. The van der Waals surface area contributed by atoms with E-state index < -0.39 is 0 Å². The maximum atomic E-state index is 11.5. The van der Waals surface area contributed by atoms with Crippen LogP contribution in [0, 0.1) is 0 Å². The van der Waals surface area contributed by atoms with E-state index in [2.05, 4.69) is 10.6 Å². The predicted molar refractivity (Wildman–Crippen MR) is 68.5 cm³/mol. The topological polar surface area (TPSA) is 67.4 Å². The van der Waals surface area contributed by atoms with Gasteiger partial charge < -0.3 is 15.4 Å². The molecule has 0 atom stereocenters. The van der Waals surface area contributed by atoms with E-state index in [9.17, 15) is 9.59 Å². The molecule has 0 unspecified atom stereocenters. The van der Waals surface area contributed by atoms with Gasteiger partial charge >= 0.3 is 0 Å². The molecule has 1 aromatic carbocycles. The van der Waals surface area contributed by atoms with E-state index >= 15 is 0 Å². The number of carbonyl (C=O) groups is 2. The van der Waals surface area contributed by atoms with Crippen molar-refractivity contribution in [2.75, 3.05) is 23.8 Å². The Morgan fingerprint density at radius 2 is 2.28 bits per heavy atom. The second-order valence-corrected chi connectivity index (χ2v) is 4.11. The van der Waals surface area contributed by atoms with Crippen LogP contribution in [0.1, 0.15) is 18.9 Å². The summed E-state index contributed by atoms with van der Waals surface area (Å²) in [6.45, 7) is 2.42. The molecule has 0 bridgehead atoms. The molecule has 1 aliphatic rings. The summed E-state index contributed by atoms with van der Waals surface area (Å²) in [5, 5.41) is 5.56. The first kappa shape index (κ1) is 12.6. The molecular formula is C13H16N2O3. The van der Waals surface area contributed by atoms with Crippen molar-refractivity contribution in [1.29, 1.82) is 0 Å². The highest BCUT2D eigenvalue weighted by Crippen LogP contribution is 2.25. The van der Waals surface area contributed by atoms with Crippen molar-refractivity contribution in [3.05, 3.63) is 23.8 Å². The molecule has 2 amide bonds. The van der Waals surface area contributed by atoms with Gasteiger partial charge in [-0.2, -0.15) is 0 Å². The molecule has 0 fully saturated rings. The zero-order valence-corrected chi connectivity index (χ0v) is 10.3. The number of hydrogen-bond donors (Lipinski definition) is 2. The SMILES string of the molecule is CCOCC(=O)Nc1ccc2c(c1)CCC(=O)N2. The summed E-state index contributed by atoms with van der Waals surface area (Å²) in [4.78, 5) is 22.7. The van der Waals surface area contributed by atoms with Crippen molar-refractivity contribution >= 4 is 23.2 Å². The third-order valence-corrected chi connectivity index (χ3v) is 2.72. The van der Waals surface area contributed by atoms with Crippen LogP contribution in [0.15, 0.2) is 18.2 Å². The Morgan fingerprint density at radius 3 is 3.06 bits per heavy atom. The van der Waals surface area contributed by atoms with Crippen molar-refractivity contribution < 1.29 is 14.3 Å². The molecule has 18 heavy (non-hydrogen) atoms. The molecule has 5 nitrogen and oxygen atoms in total. The maximum absolute atomic E-state index is 11.5. The van der Waals surface area contributed by atoms with Crippen LogP contribution in [0.25, 0.3) is 0 Å². The lowest BCUT2D eigenvalue weighted by Crippen LogP contribution is -2.20. The molecule has 1 heterocycles. The summed E-state index contributed by atoms with van der Waals surface area (Å²) in [6, 6.07) is 5.47. The van der Waals surface area contributed by atoms with Crippen molar-refractivity contribution in [2.24, 2.45) is 0 Å². The van der Waals surface area contributed by atoms with Crippen LogP contribution in [-0.4, -0.2) is 25.0 Å². The van der Waals surface area contributed by atoms with Gasteiger partial charge in [-0.1, -0.05) is 0 Å². The van der Waals surface area contributed by atoms with Gasteiger partial charge in [-0.05, 0) is 37.1 Å². The fourth-order valence-corrected chi connectivity index (χ4v) is 1.85. The summed E-state index contributed by atoms with van der Waals surface area (Å²) in [5.41, 5.74) is 2.60. The molecule has 0 aliphatic carbocycles. The minimum absolute atomic E-state index is 0.0376. The molecule has 0 saturated carbocycles. The Bertz CT molecular complexity index is 471. The van der Waals surface area contributed by atoms with E-state index in [1.165, 1.54) is 0 Å². The van der Waals surface area contributed by atoms with Gasteiger partial charge in [-0.25, -0.2) is 0 Å². The highest BCUT2D eigenvalue weighted by atomic mass is 16.5. The van der Waals surface area contributed by atoms with Gasteiger partial charge in [0.25, 0.3) is 0 Å².